The number of nitriles is 1. The predicted octanol–water partition coefficient (Wildman–Crippen LogP) is 1.95. The van der Waals surface area contributed by atoms with Crippen molar-refractivity contribution in [1.82, 2.24) is 9.78 Å². The summed E-state index contributed by atoms with van der Waals surface area (Å²) in [7, 11) is 0. The number of hydrogen-bond donors (Lipinski definition) is 1. The number of halogens is 1. The van der Waals surface area contributed by atoms with Crippen molar-refractivity contribution in [1.29, 1.82) is 5.26 Å². The maximum atomic E-state index is 13.5. The summed E-state index contributed by atoms with van der Waals surface area (Å²) in [5.74, 6) is 0.0976. The van der Waals surface area contributed by atoms with Crippen LogP contribution in [0.2, 0.25) is 0 Å². The molecule has 19 heavy (non-hydrogen) atoms. The molecule has 5 nitrogen and oxygen atoms in total. The normalized spacial score (nSPS) is 10.1. The van der Waals surface area contributed by atoms with Gasteiger partial charge >= 0.3 is 0 Å². The van der Waals surface area contributed by atoms with E-state index in [0.717, 1.165) is 6.07 Å². The third-order valence-corrected chi connectivity index (χ3v) is 2.51. The van der Waals surface area contributed by atoms with Crippen LogP contribution in [0.3, 0.4) is 0 Å². The minimum Gasteiger partial charge on any atom is -0.490 e. The van der Waals surface area contributed by atoms with Crippen LogP contribution >= 0.6 is 0 Å². The van der Waals surface area contributed by atoms with E-state index in [2.05, 4.69) is 5.10 Å². The minimum atomic E-state index is -0.526. The molecule has 0 aliphatic heterocycles. The zero-order valence-corrected chi connectivity index (χ0v) is 10.2. The van der Waals surface area contributed by atoms with Gasteiger partial charge in [-0.25, -0.2) is 4.39 Å². The highest BCUT2D eigenvalue weighted by molar-refractivity contribution is 5.35. The summed E-state index contributed by atoms with van der Waals surface area (Å²) >= 11 is 0. The maximum absolute atomic E-state index is 13.5. The first kappa shape index (κ1) is 12.9. The maximum Gasteiger partial charge on any atom is 0.166 e. The summed E-state index contributed by atoms with van der Waals surface area (Å²) in [6.45, 7) is 1.01. The fourth-order valence-electron chi connectivity index (χ4n) is 1.60. The first-order valence-corrected chi connectivity index (χ1v) is 5.80. The van der Waals surface area contributed by atoms with Gasteiger partial charge in [0.15, 0.2) is 11.6 Å². The molecule has 2 rings (SSSR count). The number of aromatic nitrogens is 2. The Labute approximate surface area is 110 Å². The SMILES string of the molecule is N#Cc1ccc(OCCCn2ccc(N)n2)c(F)c1. The number of anilines is 1. The molecule has 1 heterocycles. The van der Waals surface area contributed by atoms with E-state index in [-0.39, 0.29) is 11.3 Å². The minimum absolute atomic E-state index is 0.152. The highest BCUT2D eigenvalue weighted by Gasteiger charge is 2.04. The van der Waals surface area contributed by atoms with Crippen LogP contribution in [0, 0.1) is 17.1 Å². The van der Waals surface area contributed by atoms with Gasteiger partial charge in [-0.2, -0.15) is 10.4 Å². The summed E-state index contributed by atoms with van der Waals surface area (Å²) in [4.78, 5) is 0. The molecule has 0 saturated carbocycles. The van der Waals surface area contributed by atoms with Crippen molar-refractivity contribution in [3.8, 4) is 11.8 Å². The van der Waals surface area contributed by atoms with Crippen LogP contribution in [0.1, 0.15) is 12.0 Å². The van der Waals surface area contributed by atoms with Crippen molar-refractivity contribution in [3.05, 3.63) is 41.8 Å². The van der Waals surface area contributed by atoms with Gasteiger partial charge in [0.1, 0.15) is 5.82 Å². The Balaban J connectivity index is 1.81. The van der Waals surface area contributed by atoms with Gasteiger partial charge in [0.2, 0.25) is 0 Å². The topological polar surface area (TPSA) is 76.9 Å². The molecule has 98 valence electrons. The molecule has 0 bridgehead atoms. The van der Waals surface area contributed by atoms with Crippen LogP contribution in [0.5, 0.6) is 5.75 Å². The highest BCUT2D eigenvalue weighted by atomic mass is 19.1. The fourth-order valence-corrected chi connectivity index (χ4v) is 1.60. The van der Waals surface area contributed by atoms with E-state index >= 15 is 0 Å². The molecule has 2 N–H and O–H groups in total. The molecule has 0 aliphatic rings. The number of nitrogen functional groups attached to an aromatic ring is 1. The lowest BCUT2D eigenvalue weighted by Gasteiger charge is -2.07. The van der Waals surface area contributed by atoms with Gasteiger partial charge < -0.3 is 10.5 Å². The first-order valence-electron chi connectivity index (χ1n) is 5.80. The van der Waals surface area contributed by atoms with Crippen LogP contribution in [0.4, 0.5) is 10.2 Å². The Bertz CT molecular complexity index is 603. The Hall–Kier alpha value is -2.55. The van der Waals surface area contributed by atoms with Gasteiger partial charge in [-0.3, -0.25) is 4.68 Å². The quantitative estimate of drug-likeness (QED) is 0.833. The zero-order chi connectivity index (χ0) is 13.7. The second kappa shape index (κ2) is 5.87. The molecule has 1 aromatic carbocycles. The van der Waals surface area contributed by atoms with Crippen LogP contribution in [-0.2, 0) is 6.54 Å². The molecule has 0 amide bonds. The van der Waals surface area contributed by atoms with Crippen molar-refractivity contribution in [3.63, 3.8) is 0 Å². The molecule has 0 aliphatic carbocycles. The average molecular weight is 260 g/mol. The smallest absolute Gasteiger partial charge is 0.166 e. The average Bonchev–Trinajstić information content (AvgIpc) is 2.82. The predicted molar refractivity (Wildman–Crippen MR) is 67.9 cm³/mol. The monoisotopic (exact) mass is 260 g/mol. The third kappa shape index (κ3) is 3.45. The first-order chi connectivity index (χ1) is 9.19. The van der Waals surface area contributed by atoms with Crippen LogP contribution < -0.4 is 10.5 Å². The van der Waals surface area contributed by atoms with Crippen molar-refractivity contribution >= 4 is 5.82 Å². The lowest BCUT2D eigenvalue weighted by atomic mass is 10.2. The van der Waals surface area contributed by atoms with Gasteiger partial charge in [-0.15, -0.1) is 0 Å². The lowest BCUT2D eigenvalue weighted by Crippen LogP contribution is -2.06. The molecular formula is C13H13FN4O. The van der Waals surface area contributed by atoms with Crippen molar-refractivity contribution < 1.29 is 9.13 Å². The van der Waals surface area contributed by atoms with Gasteiger partial charge in [0.25, 0.3) is 0 Å². The van der Waals surface area contributed by atoms with Crippen molar-refractivity contribution in [2.45, 2.75) is 13.0 Å². The standard InChI is InChI=1S/C13H13FN4O/c14-11-8-10(9-15)2-3-12(11)19-7-1-5-18-6-4-13(16)17-18/h2-4,6,8H,1,5,7H2,(H2,16,17). The van der Waals surface area contributed by atoms with Crippen LogP contribution in [0.15, 0.2) is 30.5 Å². The lowest BCUT2D eigenvalue weighted by molar-refractivity contribution is 0.285. The molecule has 0 radical (unpaired) electrons. The van der Waals surface area contributed by atoms with E-state index in [4.69, 9.17) is 15.7 Å². The number of nitrogens with zero attached hydrogens (tertiary/aromatic N) is 3. The van der Waals surface area contributed by atoms with E-state index in [1.807, 2.05) is 6.07 Å². The van der Waals surface area contributed by atoms with Crippen LogP contribution in [0.25, 0.3) is 0 Å². The van der Waals surface area contributed by atoms with Gasteiger partial charge in [0.05, 0.1) is 18.2 Å². The van der Waals surface area contributed by atoms with E-state index in [9.17, 15) is 4.39 Å². The molecule has 0 unspecified atom stereocenters. The molecule has 6 heteroatoms. The largest absolute Gasteiger partial charge is 0.490 e. The van der Waals surface area contributed by atoms with E-state index in [1.54, 1.807) is 16.9 Å². The summed E-state index contributed by atoms with van der Waals surface area (Å²) in [5.41, 5.74) is 5.76. The van der Waals surface area contributed by atoms with Gasteiger partial charge in [0, 0.05) is 19.2 Å². The number of hydrogen-bond acceptors (Lipinski definition) is 4. The fraction of sp³-hybridized carbons (Fsp3) is 0.231. The van der Waals surface area contributed by atoms with Crippen LogP contribution in [-0.4, -0.2) is 16.4 Å². The molecule has 0 saturated heterocycles. The van der Waals surface area contributed by atoms with E-state index < -0.39 is 5.82 Å². The van der Waals surface area contributed by atoms with Gasteiger partial charge in [-0.1, -0.05) is 0 Å². The molecular weight excluding hydrogens is 247 g/mol. The molecule has 1 aromatic heterocycles. The number of aryl methyl sites for hydroxylation is 1. The Morgan fingerprint density at radius 1 is 1.42 bits per heavy atom. The summed E-state index contributed by atoms with van der Waals surface area (Å²) in [6, 6.07) is 7.71. The molecule has 0 fully saturated rings. The van der Waals surface area contributed by atoms with Crippen molar-refractivity contribution in [2.24, 2.45) is 0 Å². The van der Waals surface area contributed by atoms with Crippen molar-refractivity contribution in [2.75, 3.05) is 12.3 Å². The zero-order valence-electron chi connectivity index (χ0n) is 10.2. The molecule has 0 atom stereocenters. The summed E-state index contributed by atoms with van der Waals surface area (Å²) in [5, 5.41) is 12.6. The highest BCUT2D eigenvalue weighted by Crippen LogP contribution is 2.18. The van der Waals surface area contributed by atoms with Gasteiger partial charge in [-0.05, 0) is 24.3 Å². The second-order valence-corrected chi connectivity index (χ2v) is 3.96. The van der Waals surface area contributed by atoms with E-state index in [0.29, 0.717) is 25.4 Å². The molecule has 0 spiro atoms. The summed E-state index contributed by atoms with van der Waals surface area (Å²) in [6.07, 6.45) is 2.46. The third-order valence-electron chi connectivity index (χ3n) is 2.51. The number of nitrogens with two attached hydrogens (primary N) is 1. The number of benzene rings is 1. The second-order valence-electron chi connectivity index (χ2n) is 3.96. The molecule has 2 aromatic rings. The Morgan fingerprint density at radius 2 is 2.26 bits per heavy atom. The van der Waals surface area contributed by atoms with E-state index in [1.165, 1.54) is 12.1 Å². The Kier molecular flexibility index (Phi) is 3.98. The number of ether oxygens (including phenoxy) is 1. The Morgan fingerprint density at radius 3 is 2.89 bits per heavy atom. The number of rotatable bonds is 5. The summed E-state index contributed by atoms with van der Waals surface area (Å²) < 4.78 is 20.5.